The largest absolute Gasteiger partial charge is 0.479 e. The summed E-state index contributed by atoms with van der Waals surface area (Å²) in [4.78, 5) is 21.9. The van der Waals surface area contributed by atoms with Crippen molar-refractivity contribution in [3.63, 3.8) is 0 Å². The van der Waals surface area contributed by atoms with E-state index in [-0.39, 0.29) is 18.0 Å². The molecule has 150 valence electrons. The molecule has 0 unspecified atom stereocenters. The minimum Gasteiger partial charge on any atom is -0.479 e. The third-order valence-electron chi connectivity index (χ3n) is 4.82. The first-order valence-corrected chi connectivity index (χ1v) is 9.89. The van der Waals surface area contributed by atoms with Gasteiger partial charge in [-0.1, -0.05) is 12.1 Å². The summed E-state index contributed by atoms with van der Waals surface area (Å²) in [6.45, 7) is 4.16. The number of furan rings is 1. The number of rotatable bonds is 5. The van der Waals surface area contributed by atoms with E-state index in [4.69, 9.17) is 9.15 Å². The van der Waals surface area contributed by atoms with E-state index < -0.39 is 4.92 Å². The van der Waals surface area contributed by atoms with Gasteiger partial charge in [-0.25, -0.2) is 14.5 Å². The molecule has 10 heteroatoms. The zero-order valence-corrected chi connectivity index (χ0v) is 16.8. The van der Waals surface area contributed by atoms with Gasteiger partial charge in [-0.05, 0) is 37.6 Å². The van der Waals surface area contributed by atoms with Crippen LogP contribution >= 0.6 is 11.3 Å². The van der Waals surface area contributed by atoms with Crippen LogP contribution in [0.3, 0.4) is 0 Å². The Hall–Kier alpha value is -3.79. The Kier molecular flexibility index (Phi) is 4.21. The van der Waals surface area contributed by atoms with Crippen LogP contribution in [-0.2, 0) is 6.61 Å². The second-order valence-electron chi connectivity index (χ2n) is 6.69. The maximum atomic E-state index is 11.1. The third-order valence-corrected chi connectivity index (χ3v) is 5.94. The zero-order valence-electron chi connectivity index (χ0n) is 16.0. The van der Waals surface area contributed by atoms with E-state index in [2.05, 4.69) is 28.9 Å². The van der Waals surface area contributed by atoms with Crippen LogP contribution in [0.4, 0.5) is 5.69 Å². The summed E-state index contributed by atoms with van der Waals surface area (Å²) in [6.07, 6.45) is 1.64. The summed E-state index contributed by atoms with van der Waals surface area (Å²) in [5, 5.41) is 16.6. The molecule has 0 amide bonds. The summed E-state index contributed by atoms with van der Waals surface area (Å²) in [6, 6.07) is 9.71. The number of fused-ring (bicyclic) bond motifs is 3. The second-order valence-corrected chi connectivity index (χ2v) is 7.89. The second kappa shape index (κ2) is 6.92. The molecule has 0 aliphatic carbocycles. The topological polar surface area (TPSA) is 109 Å². The highest BCUT2D eigenvalue weighted by Crippen LogP contribution is 2.32. The molecule has 9 nitrogen and oxygen atoms in total. The lowest BCUT2D eigenvalue weighted by Crippen LogP contribution is -1.97. The van der Waals surface area contributed by atoms with E-state index in [1.54, 1.807) is 52.5 Å². The Morgan fingerprint density at radius 1 is 1.23 bits per heavy atom. The fraction of sp³-hybridized carbons (Fsp3) is 0.150. The molecule has 4 aromatic heterocycles. The van der Waals surface area contributed by atoms with E-state index in [1.165, 1.54) is 10.9 Å². The van der Waals surface area contributed by atoms with Gasteiger partial charge < -0.3 is 9.15 Å². The number of nitrogens with zero attached hydrogens (tertiary/aromatic N) is 5. The van der Waals surface area contributed by atoms with Crippen LogP contribution in [0.15, 0.2) is 47.1 Å². The van der Waals surface area contributed by atoms with Crippen molar-refractivity contribution in [2.75, 3.05) is 0 Å². The molecule has 0 radical (unpaired) electrons. The molecule has 5 aromatic rings. The van der Waals surface area contributed by atoms with Crippen LogP contribution < -0.4 is 4.74 Å². The Labute approximate surface area is 173 Å². The van der Waals surface area contributed by atoms with Gasteiger partial charge in [0.25, 0.3) is 0 Å². The molecule has 0 saturated carbocycles. The minimum atomic E-state index is -0.480. The molecule has 0 bridgehead atoms. The summed E-state index contributed by atoms with van der Waals surface area (Å²) >= 11 is 1.63. The molecule has 0 aliphatic rings. The monoisotopic (exact) mass is 421 g/mol. The lowest BCUT2D eigenvalue weighted by molar-refractivity contribution is -0.386. The van der Waals surface area contributed by atoms with Gasteiger partial charge >= 0.3 is 5.69 Å². The maximum Gasteiger partial charge on any atom is 0.310 e. The average molecular weight is 421 g/mol. The van der Waals surface area contributed by atoms with Gasteiger partial charge in [0.1, 0.15) is 23.5 Å². The van der Waals surface area contributed by atoms with Gasteiger partial charge in [-0.3, -0.25) is 10.1 Å². The van der Waals surface area contributed by atoms with E-state index in [1.807, 2.05) is 0 Å². The average Bonchev–Trinajstić information content (AvgIpc) is 3.44. The molecule has 0 saturated heterocycles. The van der Waals surface area contributed by atoms with Gasteiger partial charge in [0, 0.05) is 10.9 Å². The van der Waals surface area contributed by atoms with Gasteiger partial charge in [-0.15, -0.1) is 16.4 Å². The molecule has 0 atom stereocenters. The van der Waals surface area contributed by atoms with E-state index in [0.29, 0.717) is 17.3 Å². The van der Waals surface area contributed by atoms with Gasteiger partial charge in [0.15, 0.2) is 17.2 Å². The quantitative estimate of drug-likeness (QED) is 0.299. The summed E-state index contributed by atoms with van der Waals surface area (Å²) in [5.74, 6) is 1.61. The minimum absolute atomic E-state index is 0.0485. The number of aromatic nitrogens is 4. The summed E-state index contributed by atoms with van der Waals surface area (Å²) < 4.78 is 13.0. The van der Waals surface area contributed by atoms with Crippen LogP contribution in [0, 0.1) is 24.0 Å². The molecule has 1 aromatic carbocycles. The summed E-state index contributed by atoms with van der Waals surface area (Å²) in [5.41, 5.74) is 1.78. The highest BCUT2D eigenvalue weighted by Gasteiger charge is 2.18. The highest BCUT2D eigenvalue weighted by molar-refractivity contribution is 7.18. The first-order chi connectivity index (χ1) is 14.5. The molecule has 30 heavy (non-hydrogen) atoms. The standard InChI is InChI=1S/C20H15N5O4S/c1-11-12(2)30-20-17(11)19-22-18(23-24(19)10-21-20)16-8-7-13(29-16)9-28-15-6-4-3-5-14(15)25(26)27/h3-8,10H,9H2,1-2H3. The number of nitro groups is 1. The van der Waals surface area contributed by atoms with Crippen LogP contribution in [0.1, 0.15) is 16.2 Å². The van der Waals surface area contributed by atoms with Crippen molar-refractivity contribution >= 4 is 32.9 Å². The SMILES string of the molecule is Cc1sc2ncn3nc(-c4ccc(COc5ccccc5[N+](=O)[O-])o4)nc3c2c1C. The first-order valence-electron chi connectivity index (χ1n) is 9.07. The number of hydrogen-bond acceptors (Lipinski definition) is 8. The molecule has 0 fully saturated rings. The van der Waals surface area contributed by atoms with Gasteiger partial charge in [0.05, 0.1) is 10.3 Å². The van der Waals surface area contributed by atoms with Crippen LogP contribution in [-0.4, -0.2) is 24.5 Å². The number of aryl methyl sites for hydroxylation is 2. The molecular formula is C20H15N5O4S. The fourth-order valence-corrected chi connectivity index (χ4v) is 4.20. The van der Waals surface area contributed by atoms with Crippen molar-refractivity contribution < 1.29 is 14.1 Å². The summed E-state index contributed by atoms with van der Waals surface area (Å²) in [7, 11) is 0. The van der Waals surface area contributed by atoms with Crippen molar-refractivity contribution in [3.05, 3.63) is 69.0 Å². The van der Waals surface area contributed by atoms with Crippen LogP contribution in [0.25, 0.3) is 27.4 Å². The Bertz CT molecular complexity index is 1420. The predicted molar refractivity (Wildman–Crippen MR) is 111 cm³/mol. The number of para-hydroxylation sites is 2. The fourth-order valence-electron chi connectivity index (χ4n) is 3.20. The van der Waals surface area contributed by atoms with Gasteiger partial charge in [0.2, 0.25) is 5.82 Å². The number of ether oxygens (including phenoxy) is 1. The Morgan fingerprint density at radius 2 is 2.07 bits per heavy atom. The molecule has 0 aliphatic heterocycles. The molecule has 0 N–H and O–H groups in total. The highest BCUT2D eigenvalue weighted by atomic mass is 32.1. The Balaban J connectivity index is 1.44. The van der Waals surface area contributed by atoms with Gasteiger partial charge in [-0.2, -0.15) is 0 Å². The Morgan fingerprint density at radius 3 is 2.90 bits per heavy atom. The lowest BCUT2D eigenvalue weighted by atomic mass is 10.2. The number of thiophene rings is 1. The van der Waals surface area contributed by atoms with Crippen molar-refractivity contribution in [3.8, 4) is 17.3 Å². The van der Waals surface area contributed by atoms with E-state index in [9.17, 15) is 10.1 Å². The third kappa shape index (κ3) is 2.98. The molecule has 4 heterocycles. The van der Waals surface area contributed by atoms with E-state index >= 15 is 0 Å². The first kappa shape index (κ1) is 18.3. The van der Waals surface area contributed by atoms with Crippen LogP contribution in [0.2, 0.25) is 0 Å². The molecule has 5 rings (SSSR count). The normalized spacial score (nSPS) is 11.4. The number of benzene rings is 1. The zero-order chi connectivity index (χ0) is 20.8. The van der Waals surface area contributed by atoms with E-state index in [0.717, 1.165) is 21.4 Å². The molecular weight excluding hydrogens is 406 g/mol. The van der Waals surface area contributed by atoms with Crippen molar-refractivity contribution in [1.82, 2.24) is 19.6 Å². The predicted octanol–water partition coefficient (Wildman–Crippen LogP) is 4.70. The number of nitro benzene ring substituents is 1. The van der Waals surface area contributed by atoms with Crippen molar-refractivity contribution in [2.24, 2.45) is 0 Å². The number of hydrogen-bond donors (Lipinski definition) is 0. The smallest absolute Gasteiger partial charge is 0.310 e. The van der Waals surface area contributed by atoms with Crippen molar-refractivity contribution in [1.29, 1.82) is 0 Å². The van der Waals surface area contributed by atoms with Crippen LogP contribution in [0.5, 0.6) is 5.75 Å². The molecule has 0 spiro atoms. The maximum absolute atomic E-state index is 11.1. The lowest BCUT2D eigenvalue weighted by Gasteiger charge is -2.04. The van der Waals surface area contributed by atoms with Crippen molar-refractivity contribution in [2.45, 2.75) is 20.5 Å².